The predicted molar refractivity (Wildman–Crippen MR) is 62.1 cm³/mol. The molecule has 0 radical (unpaired) electrons. The van der Waals surface area contributed by atoms with Crippen molar-refractivity contribution >= 4 is 0 Å². The van der Waals surface area contributed by atoms with Crippen molar-refractivity contribution in [1.82, 2.24) is 10.2 Å². The molecule has 15 heavy (non-hydrogen) atoms. The molecule has 2 aliphatic heterocycles. The average Bonchev–Trinajstić information content (AvgIpc) is 2.43. The first-order chi connectivity index (χ1) is 7.22. The Morgan fingerprint density at radius 1 is 1.40 bits per heavy atom. The molecule has 2 rings (SSSR count). The fraction of sp³-hybridized carbons (Fsp3) is 1.00. The van der Waals surface area contributed by atoms with Crippen molar-refractivity contribution in [2.24, 2.45) is 5.41 Å². The highest BCUT2D eigenvalue weighted by atomic mass is 16.5. The van der Waals surface area contributed by atoms with Gasteiger partial charge in [0.05, 0.1) is 13.2 Å². The maximum Gasteiger partial charge on any atom is 0.0593 e. The van der Waals surface area contributed by atoms with Gasteiger partial charge in [-0.15, -0.1) is 0 Å². The van der Waals surface area contributed by atoms with E-state index in [0.717, 1.165) is 26.3 Å². The second-order valence-electron chi connectivity index (χ2n) is 5.40. The molecule has 0 aromatic rings. The lowest BCUT2D eigenvalue weighted by molar-refractivity contribution is 0.0474. The largest absolute Gasteiger partial charge is 0.379 e. The summed E-state index contributed by atoms with van der Waals surface area (Å²) >= 11 is 0. The molecule has 3 nitrogen and oxygen atoms in total. The summed E-state index contributed by atoms with van der Waals surface area (Å²) in [5.74, 6) is 0. The van der Waals surface area contributed by atoms with Gasteiger partial charge in [0, 0.05) is 31.1 Å². The normalized spacial score (nSPS) is 34.6. The molecular weight excluding hydrogens is 188 g/mol. The molecule has 0 saturated carbocycles. The number of ether oxygens (including phenoxy) is 1. The van der Waals surface area contributed by atoms with Gasteiger partial charge >= 0.3 is 0 Å². The van der Waals surface area contributed by atoms with Crippen molar-refractivity contribution in [2.45, 2.75) is 32.7 Å². The van der Waals surface area contributed by atoms with Crippen molar-refractivity contribution in [3.63, 3.8) is 0 Å². The van der Waals surface area contributed by atoms with Gasteiger partial charge in [-0.2, -0.15) is 0 Å². The zero-order chi connectivity index (χ0) is 10.7. The number of nitrogens with one attached hydrogen (secondary N) is 1. The molecule has 0 aromatic carbocycles. The molecule has 2 heterocycles. The molecule has 0 aromatic heterocycles. The standard InChI is InChI=1S/C12H24N2O/c1-11(2)14-6-7-15-10-12(9-14)4-3-5-13-8-12/h11,13H,3-10H2,1-2H3/t12-/m0/s1. The topological polar surface area (TPSA) is 24.5 Å². The van der Waals surface area contributed by atoms with Gasteiger partial charge in [-0.1, -0.05) is 0 Å². The van der Waals surface area contributed by atoms with Crippen molar-refractivity contribution in [2.75, 3.05) is 39.4 Å². The molecule has 2 saturated heterocycles. The number of rotatable bonds is 1. The van der Waals surface area contributed by atoms with Crippen LogP contribution in [0.4, 0.5) is 0 Å². The first-order valence-electron chi connectivity index (χ1n) is 6.24. The zero-order valence-electron chi connectivity index (χ0n) is 10.1. The van der Waals surface area contributed by atoms with E-state index < -0.39 is 0 Å². The highest BCUT2D eigenvalue weighted by Gasteiger charge is 2.36. The van der Waals surface area contributed by atoms with E-state index in [1.54, 1.807) is 0 Å². The van der Waals surface area contributed by atoms with Crippen molar-refractivity contribution in [3.05, 3.63) is 0 Å². The predicted octanol–water partition coefficient (Wildman–Crippen LogP) is 1.10. The minimum atomic E-state index is 0.388. The van der Waals surface area contributed by atoms with Crippen molar-refractivity contribution in [1.29, 1.82) is 0 Å². The summed E-state index contributed by atoms with van der Waals surface area (Å²) in [6, 6.07) is 0.644. The smallest absolute Gasteiger partial charge is 0.0593 e. The Morgan fingerprint density at radius 2 is 2.27 bits per heavy atom. The van der Waals surface area contributed by atoms with E-state index in [2.05, 4.69) is 24.1 Å². The number of hydrogen-bond acceptors (Lipinski definition) is 3. The summed E-state index contributed by atoms with van der Waals surface area (Å²) < 4.78 is 5.79. The molecular formula is C12H24N2O. The van der Waals surface area contributed by atoms with E-state index in [-0.39, 0.29) is 0 Å². The fourth-order valence-corrected chi connectivity index (χ4v) is 2.76. The maximum absolute atomic E-state index is 5.79. The maximum atomic E-state index is 5.79. The molecule has 88 valence electrons. The Labute approximate surface area is 93.2 Å². The van der Waals surface area contributed by atoms with Crippen LogP contribution in [-0.4, -0.2) is 50.3 Å². The fourth-order valence-electron chi connectivity index (χ4n) is 2.76. The third-order valence-corrected chi connectivity index (χ3v) is 3.76. The minimum absolute atomic E-state index is 0.388. The molecule has 2 fully saturated rings. The summed E-state index contributed by atoms with van der Waals surface area (Å²) in [5.41, 5.74) is 0.388. The van der Waals surface area contributed by atoms with Gasteiger partial charge in [-0.25, -0.2) is 0 Å². The van der Waals surface area contributed by atoms with Crippen LogP contribution in [0.1, 0.15) is 26.7 Å². The van der Waals surface area contributed by atoms with Gasteiger partial charge in [0.25, 0.3) is 0 Å². The minimum Gasteiger partial charge on any atom is -0.379 e. The van der Waals surface area contributed by atoms with E-state index >= 15 is 0 Å². The Kier molecular flexibility index (Phi) is 3.65. The van der Waals surface area contributed by atoms with Gasteiger partial charge in [0.1, 0.15) is 0 Å². The van der Waals surface area contributed by atoms with Crippen LogP contribution in [0.2, 0.25) is 0 Å². The average molecular weight is 212 g/mol. The van der Waals surface area contributed by atoms with E-state index in [1.165, 1.54) is 25.9 Å². The molecule has 3 heteroatoms. The lowest BCUT2D eigenvalue weighted by Gasteiger charge is -2.40. The first-order valence-corrected chi connectivity index (χ1v) is 6.24. The summed E-state index contributed by atoms with van der Waals surface area (Å²) in [4.78, 5) is 2.57. The Bertz CT molecular complexity index is 200. The third-order valence-electron chi connectivity index (χ3n) is 3.76. The summed E-state index contributed by atoms with van der Waals surface area (Å²) in [6.07, 6.45) is 2.62. The number of hydrogen-bond donors (Lipinski definition) is 1. The SMILES string of the molecule is CC(C)N1CCOC[C@]2(CCCNC2)C1. The summed E-state index contributed by atoms with van der Waals surface area (Å²) in [6.45, 7) is 11.0. The van der Waals surface area contributed by atoms with Crippen LogP contribution in [0.25, 0.3) is 0 Å². The van der Waals surface area contributed by atoms with Crippen LogP contribution in [0.3, 0.4) is 0 Å². The van der Waals surface area contributed by atoms with Gasteiger partial charge in [-0.3, -0.25) is 4.90 Å². The molecule has 0 amide bonds. The molecule has 2 aliphatic rings. The number of nitrogens with zero attached hydrogens (tertiary/aromatic N) is 1. The van der Waals surface area contributed by atoms with Crippen LogP contribution in [0.5, 0.6) is 0 Å². The molecule has 0 aliphatic carbocycles. The van der Waals surface area contributed by atoms with Crippen molar-refractivity contribution < 1.29 is 4.74 Å². The highest BCUT2D eigenvalue weighted by Crippen LogP contribution is 2.30. The van der Waals surface area contributed by atoms with E-state index in [0.29, 0.717) is 11.5 Å². The van der Waals surface area contributed by atoms with Gasteiger partial charge in [0.15, 0.2) is 0 Å². The highest BCUT2D eigenvalue weighted by molar-refractivity contribution is 4.90. The Hall–Kier alpha value is -0.120. The lowest BCUT2D eigenvalue weighted by atomic mass is 9.81. The second kappa shape index (κ2) is 4.81. The van der Waals surface area contributed by atoms with E-state index in [9.17, 15) is 0 Å². The van der Waals surface area contributed by atoms with E-state index in [1.807, 2.05) is 0 Å². The van der Waals surface area contributed by atoms with Crippen LogP contribution in [0.15, 0.2) is 0 Å². The van der Waals surface area contributed by atoms with Gasteiger partial charge < -0.3 is 10.1 Å². The molecule has 0 bridgehead atoms. The van der Waals surface area contributed by atoms with Crippen molar-refractivity contribution in [3.8, 4) is 0 Å². The van der Waals surface area contributed by atoms with Crippen LogP contribution < -0.4 is 5.32 Å². The zero-order valence-corrected chi connectivity index (χ0v) is 10.1. The Morgan fingerprint density at radius 3 is 2.93 bits per heavy atom. The van der Waals surface area contributed by atoms with E-state index in [4.69, 9.17) is 4.74 Å². The first kappa shape index (κ1) is 11.4. The quantitative estimate of drug-likeness (QED) is 0.704. The molecule has 1 atom stereocenters. The van der Waals surface area contributed by atoms with Crippen LogP contribution in [-0.2, 0) is 4.74 Å². The summed E-state index contributed by atoms with van der Waals surface area (Å²) in [7, 11) is 0. The molecule has 0 unspecified atom stereocenters. The monoisotopic (exact) mass is 212 g/mol. The Balaban J connectivity index is 2.02. The van der Waals surface area contributed by atoms with Gasteiger partial charge in [-0.05, 0) is 33.2 Å². The molecule has 1 N–H and O–H groups in total. The van der Waals surface area contributed by atoms with Gasteiger partial charge in [0.2, 0.25) is 0 Å². The third kappa shape index (κ3) is 2.71. The summed E-state index contributed by atoms with van der Waals surface area (Å²) in [5, 5.41) is 3.53. The van der Waals surface area contributed by atoms with Crippen LogP contribution >= 0.6 is 0 Å². The van der Waals surface area contributed by atoms with Crippen LogP contribution in [0, 0.1) is 5.41 Å². The second-order valence-corrected chi connectivity index (χ2v) is 5.40. The molecule has 1 spiro atoms. The lowest BCUT2D eigenvalue weighted by Crippen LogP contribution is -2.50. The number of piperidine rings is 1.